The lowest BCUT2D eigenvalue weighted by Crippen LogP contribution is -2.81. The van der Waals surface area contributed by atoms with Crippen molar-refractivity contribution in [3.8, 4) is 0 Å². The Morgan fingerprint density at radius 2 is 0.662 bits per heavy atom. The third-order valence-electron chi connectivity index (χ3n) is 9.99. The zero-order valence-electron chi connectivity index (χ0n) is 30.9. The van der Waals surface area contributed by atoms with Crippen LogP contribution in [0.3, 0.4) is 0 Å². The van der Waals surface area contributed by atoms with Crippen LogP contribution in [0.1, 0.15) is 5.56 Å². The van der Waals surface area contributed by atoms with Crippen LogP contribution in [0.25, 0.3) is 10.8 Å². The highest BCUT2D eigenvalue weighted by atomic mass is 19.2. The summed E-state index contributed by atoms with van der Waals surface area (Å²) in [4.78, 5) is 10.7. The van der Waals surface area contributed by atoms with Crippen LogP contribution in [0.15, 0.2) is 67.0 Å². The number of para-hydroxylation sites is 1. The van der Waals surface area contributed by atoms with Crippen LogP contribution in [0, 0.1) is 126 Å². The molecule has 0 unspecified atom stereocenters. The highest BCUT2D eigenvalue weighted by Crippen LogP contribution is 2.31. The lowest BCUT2D eigenvalue weighted by molar-refractivity contribution is -0.687. The summed E-state index contributed by atoms with van der Waals surface area (Å²) in [5, 5.41) is 13.3. The van der Waals surface area contributed by atoms with Gasteiger partial charge in [0.25, 0.3) is 5.69 Å². The standard InChI is InChI=1S/C24BF20.C16H13N2O2/c26-5-1(6(27)14(35)21(42)13(5)34)25(2-7(28)15(36)22(43)16(37)8(2)29,3-9(30)17(38)23(44)18(39)10(3)31)4-11(32)19(40)24(45)20(41)12(4)33;19-18(20)16-8-4-3-7-15(16)12-17-10-9-13-5-1-2-6-14(13)11-17/h;1-11H,12H2/q-1;+1. The number of pyridine rings is 1. The maximum Gasteiger partial charge on any atom is 0.278 e. The van der Waals surface area contributed by atoms with Crippen molar-refractivity contribution in [1.29, 1.82) is 0 Å². The molecule has 7 rings (SSSR count). The Labute approximate surface area is 347 Å². The van der Waals surface area contributed by atoms with Crippen molar-refractivity contribution in [3.63, 3.8) is 0 Å². The van der Waals surface area contributed by atoms with Crippen LogP contribution < -0.4 is 26.4 Å². The van der Waals surface area contributed by atoms with E-state index in [0.717, 1.165) is 10.8 Å². The Hall–Kier alpha value is -7.21. The zero-order chi connectivity index (χ0) is 48.3. The first-order valence-corrected chi connectivity index (χ1v) is 17.3. The third-order valence-corrected chi connectivity index (χ3v) is 9.99. The number of halogens is 20. The lowest BCUT2D eigenvalue weighted by Gasteiger charge is -2.44. The minimum atomic E-state index is -7.22. The number of nitro benzene ring substituents is 1. The van der Waals surface area contributed by atoms with Crippen LogP contribution in [-0.2, 0) is 6.54 Å². The SMILES string of the molecule is Fc1c(F)c(F)c([B-](c2c(F)c(F)c(F)c(F)c2F)(c2c(F)c(F)c(F)c(F)c2F)c2c(F)c(F)c(F)c(F)c2F)c(F)c1F.O=[N+]([O-])c1ccccc1C[n+]1ccc2ccccc2c1. The molecule has 0 amide bonds. The average molecular weight is 944 g/mol. The second kappa shape index (κ2) is 17.4. The molecular formula is C40H13BF20N2O2. The summed E-state index contributed by atoms with van der Waals surface area (Å²) in [6.45, 7) is 0.488. The fourth-order valence-corrected chi connectivity index (χ4v) is 7.17. The number of fused-ring (bicyclic) bond motifs is 1. The van der Waals surface area contributed by atoms with E-state index < -0.39 is 144 Å². The van der Waals surface area contributed by atoms with Gasteiger partial charge in [-0.2, -0.15) is 4.57 Å². The van der Waals surface area contributed by atoms with Gasteiger partial charge < -0.3 is 0 Å². The van der Waals surface area contributed by atoms with Crippen molar-refractivity contribution in [2.75, 3.05) is 0 Å². The van der Waals surface area contributed by atoms with Gasteiger partial charge in [-0.1, -0.05) is 30.3 Å². The highest BCUT2D eigenvalue weighted by Gasteiger charge is 2.52. The highest BCUT2D eigenvalue weighted by molar-refractivity contribution is 7.20. The molecule has 65 heavy (non-hydrogen) atoms. The van der Waals surface area contributed by atoms with Crippen molar-refractivity contribution >= 4 is 44.5 Å². The summed E-state index contributed by atoms with van der Waals surface area (Å²) in [5.41, 5.74) is -13.5. The molecule has 6 aromatic carbocycles. The minimum absolute atomic E-state index is 0.160. The summed E-state index contributed by atoms with van der Waals surface area (Å²) < 4.78 is 296. The lowest BCUT2D eigenvalue weighted by atomic mass is 9.12. The number of nitro groups is 1. The summed E-state index contributed by atoms with van der Waals surface area (Å²) >= 11 is 0. The van der Waals surface area contributed by atoms with Crippen molar-refractivity contribution in [1.82, 2.24) is 0 Å². The summed E-state index contributed by atoms with van der Waals surface area (Å²) in [7, 11) is 0. The Balaban J connectivity index is 0.000000289. The molecule has 4 nitrogen and oxygen atoms in total. The second-order valence-corrected chi connectivity index (χ2v) is 13.4. The molecule has 338 valence electrons. The first-order chi connectivity index (χ1) is 30.4. The third kappa shape index (κ3) is 7.40. The molecule has 25 heteroatoms. The van der Waals surface area contributed by atoms with Crippen molar-refractivity contribution in [3.05, 3.63) is 199 Å². The van der Waals surface area contributed by atoms with E-state index in [4.69, 9.17) is 0 Å². The molecule has 1 heterocycles. The van der Waals surface area contributed by atoms with E-state index in [1.165, 1.54) is 6.07 Å². The van der Waals surface area contributed by atoms with Gasteiger partial charge in [-0.25, -0.2) is 87.8 Å². The first-order valence-electron chi connectivity index (χ1n) is 17.3. The molecule has 0 spiro atoms. The van der Waals surface area contributed by atoms with E-state index in [1.54, 1.807) is 12.1 Å². The minimum Gasteiger partial charge on any atom is -0.258 e. The molecule has 0 atom stereocenters. The molecule has 0 aliphatic heterocycles. The molecule has 0 N–H and O–H groups in total. The monoisotopic (exact) mass is 944 g/mol. The molecule has 0 saturated carbocycles. The maximum absolute atomic E-state index is 15.4. The fourth-order valence-electron chi connectivity index (χ4n) is 7.17. The predicted molar refractivity (Wildman–Crippen MR) is 186 cm³/mol. The molecule has 7 aromatic rings. The van der Waals surface area contributed by atoms with Crippen LogP contribution in [0.4, 0.5) is 93.5 Å². The Morgan fingerprint density at radius 3 is 0.985 bits per heavy atom. The smallest absolute Gasteiger partial charge is 0.258 e. The van der Waals surface area contributed by atoms with Gasteiger partial charge in [-0.3, -0.25) is 10.1 Å². The number of nitrogens with zero attached hydrogens (tertiary/aromatic N) is 2. The number of benzene rings is 6. The average Bonchev–Trinajstić information content (AvgIpc) is 3.29. The van der Waals surface area contributed by atoms with E-state index in [0.29, 0.717) is 12.1 Å². The summed E-state index contributed by atoms with van der Waals surface area (Å²) in [5.74, 6) is -71.4. The molecule has 0 aliphatic rings. The van der Waals surface area contributed by atoms with Crippen LogP contribution >= 0.6 is 0 Å². The van der Waals surface area contributed by atoms with Gasteiger partial charge in [-0.05, 0) is 17.5 Å². The molecule has 0 bridgehead atoms. The number of hydrogen-bond donors (Lipinski definition) is 0. The second-order valence-electron chi connectivity index (χ2n) is 13.4. The van der Waals surface area contributed by atoms with E-state index in [1.807, 2.05) is 53.4 Å². The van der Waals surface area contributed by atoms with Crippen molar-refractivity contribution in [2.24, 2.45) is 0 Å². The normalized spacial score (nSPS) is 11.6. The van der Waals surface area contributed by atoms with Crippen LogP contribution in [-0.4, -0.2) is 11.1 Å². The molecule has 0 radical (unpaired) electrons. The Kier molecular flexibility index (Phi) is 12.7. The molecule has 0 aliphatic carbocycles. The topological polar surface area (TPSA) is 47.0 Å². The quantitative estimate of drug-likeness (QED) is 0.0305. The number of hydrogen-bond acceptors (Lipinski definition) is 2. The zero-order valence-corrected chi connectivity index (χ0v) is 30.9. The Bertz CT molecular complexity index is 2750. The van der Waals surface area contributed by atoms with E-state index >= 15 is 35.1 Å². The number of rotatable bonds is 7. The van der Waals surface area contributed by atoms with E-state index in [9.17, 15) is 62.8 Å². The van der Waals surface area contributed by atoms with Gasteiger partial charge in [0.15, 0.2) is 88.7 Å². The fraction of sp³-hybridized carbons (Fsp3) is 0.0250. The van der Waals surface area contributed by atoms with Crippen LogP contribution in [0.5, 0.6) is 0 Å². The van der Waals surface area contributed by atoms with Gasteiger partial charge in [0, 0.05) is 17.5 Å². The van der Waals surface area contributed by atoms with Crippen molar-refractivity contribution in [2.45, 2.75) is 6.54 Å². The molecule has 1 aromatic heterocycles. The van der Waals surface area contributed by atoms with E-state index in [2.05, 4.69) is 0 Å². The molecule has 0 saturated heterocycles. The summed E-state index contributed by atoms with van der Waals surface area (Å²) in [6, 6.07) is 16.9. The van der Waals surface area contributed by atoms with Crippen LogP contribution in [0.2, 0.25) is 0 Å². The molecular weight excluding hydrogens is 931 g/mol. The van der Waals surface area contributed by atoms with Gasteiger partial charge in [0.1, 0.15) is 52.7 Å². The largest absolute Gasteiger partial charge is 0.278 e. The van der Waals surface area contributed by atoms with Crippen molar-refractivity contribution < 1.29 is 97.3 Å². The van der Waals surface area contributed by atoms with Gasteiger partial charge in [-0.15, -0.1) is 21.9 Å². The predicted octanol–water partition coefficient (Wildman–Crippen LogP) is 8.93. The molecule has 0 fully saturated rings. The van der Waals surface area contributed by atoms with Gasteiger partial charge >= 0.3 is 0 Å². The maximum atomic E-state index is 15.4. The number of aromatic nitrogens is 1. The van der Waals surface area contributed by atoms with Gasteiger partial charge in [0.05, 0.1) is 10.5 Å². The first kappa shape index (κ1) is 47.3. The Morgan fingerprint density at radius 1 is 0.385 bits per heavy atom. The van der Waals surface area contributed by atoms with E-state index in [-0.39, 0.29) is 10.6 Å². The summed E-state index contributed by atoms with van der Waals surface area (Å²) in [6.07, 6.45) is -3.27. The van der Waals surface area contributed by atoms with Gasteiger partial charge in [0.2, 0.25) is 0 Å².